The van der Waals surface area contributed by atoms with Crippen molar-refractivity contribution < 1.29 is 9.94 Å². The lowest BCUT2D eigenvalue weighted by Gasteiger charge is -2.13. The van der Waals surface area contributed by atoms with E-state index in [0.717, 1.165) is 30.3 Å². The van der Waals surface area contributed by atoms with Crippen molar-refractivity contribution in [2.45, 2.75) is 13.0 Å². The molecule has 20 heavy (non-hydrogen) atoms. The van der Waals surface area contributed by atoms with Crippen LogP contribution in [0.3, 0.4) is 0 Å². The summed E-state index contributed by atoms with van der Waals surface area (Å²) in [4.78, 5) is 0. The van der Waals surface area contributed by atoms with E-state index in [2.05, 4.69) is 10.5 Å². The summed E-state index contributed by atoms with van der Waals surface area (Å²) in [5.41, 5.74) is 7.33. The average molecular weight is 295 g/mol. The van der Waals surface area contributed by atoms with E-state index < -0.39 is 0 Å². The van der Waals surface area contributed by atoms with Gasteiger partial charge in [-0.05, 0) is 48.6 Å². The molecule has 1 aliphatic heterocycles. The summed E-state index contributed by atoms with van der Waals surface area (Å²) < 4.78 is 5.35. The van der Waals surface area contributed by atoms with Crippen LogP contribution in [0.25, 0.3) is 0 Å². The Balaban J connectivity index is 2.00. The Labute approximate surface area is 123 Å². The number of oxime groups is 1. The maximum atomic E-state index is 8.74. The second-order valence-corrected chi connectivity index (χ2v) is 6.02. The van der Waals surface area contributed by atoms with Gasteiger partial charge in [-0.15, -0.1) is 0 Å². The number of nitrogens with one attached hydrogen (secondary N) is 1. The number of thioether (sulfide) groups is 1. The average Bonchev–Trinajstić information content (AvgIpc) is 2.99. The van der Waals surface area contributed by atoms with E-state index in [9.17, 15) is 0 Å². The number of nitrogens with two attached hydrogens (primary N) is 1. The fourth-order valence-electron chi connectivity index (χ4n) is 2.29. The monoisotopic (exact) mass is 295 g/mol. The van der Waals surface area contributed by atoms with Crippen molar-refractivity contribution in [3.05, 3.63) is 29.3 Å². The Morgan fingerprint density at radius 2 is 2.45 bits per heavy atom. The zero-order chi connectivity index (χ0) is 14.4. The molecule has 1 unspecified atom stereocenters. The van der Waals surface area contributed by atoms with Crippen LogP contribution in [0.2, 0.25) is 0 Å². The number of nitrogens with zero attached hydrogens (tertiary/aromatic N) is 1. The lowest BCUT2D eigenvalue weighted by atomic mass is 10.1. The van der Waals surface area contributed by atoms with Gasteiger partial charge in [-0.3, -0.25) is 0 Å². The molecule has 1 fully saturated rings. The topological polar surface area (TPSA) is 79.9 Å². The quantitative estimate of drug-likeness (QED) is 0.322. The molecule has 2 rings (SSSR count). The summed E-state index contributed by atoms with van der Waals surface area (Å²) in [5.74, 6) is 4.20. The molecule has 1 saturated heterocycles. The number of hydrogen-bond acceptors (Lipinski definition) is 5. The number of amidine groups is 1. The SMILES string of the molecule is COc1ccc(/C(N)=N/O)cc1CNCC1CCSC1. The van der Waals surface area contributed by atoms with Crippen LogP contribution in [-0.2, 0) is 6.54 Å². The number of rotatable bonds is 6. The molecular weight excluding hydrogens is 274 g/mol. The maximum Gasteiger partial charge on any atom is 0.170 e. The fraction of sp³-hybridized carbons (Fsp3) is 0.500. The van der Waals surface area contributed by atoms with Crippen LogP contribution in [0.15, 0.2) is 23.4 Å². The Bertz CT molecular complexity index is 473. The molecule has 1 aromatic rings. The predicted molar refractivity (Wildman–Crippen MR) is 82.6 cm³/mol. The molecule has 0 spiro atoms. The molecule has 5 nitrogen and oxygen atoms in total. The van der Waals surface area contributed by atoms with Crippen LogP contribution in [0, 0.1) is 5.92 Å². The molecular formula is C14H21N3O2S. The van der Waals surface area contributed by atoms with Crippen molar-refractivity contribution in [3.8, 4) is 5.75 Å². The van der Waals surface area contributed by atoms with Gasteiger partial charge < -0.3 is 21.0 Å². The van der Waals surface area contributed by atoms with Crippen LogP contribution < -0.4 is 15.8 Å². The minimum atomic E-state index is 0.112. The van der Waals surface area contributed by atoms with Crippen molar-refractivity contribution in [3.63, 3.8) is 0 Å². The summed E-state index contributed by atoms with van der Waals surface area (Å²) in [6.07, 6.45) is 1.29. The molecule has 4 N–H and O–H groups in total. The van der Waals surface area contributed by atoms with E-state index in [-0.39, 0.29) is 5.84 Å². The summed E-state index contributed by atoms with van der Waals surface area (Å²) in [6.45, 7) is 1.74. The minimum absolute atomic E-state index is 0.112. The van der Waals surface area contributed by atoms with Crippen LogP contribution in [-0.4, -0.2) is 36.2 Å². The van der Waals surface area contributed by atoms with Crippen LogP contribution in [0.5, 0.6) is 5.75 Å². The number of benzene rings is 1. The summed E-state index contributed by atoms with van der Waals surface area (Å²) in [6, 6.07) is 5.52. The Morgan fingerprint density at radius 3 is 3.10 bits per heavy atom. The first kappa shape index (κ1) is 15.0. The Hall–Kier alpha value is -1.40. The largest absolute Gasteiger partial charge is 0.496 e. The highest BCUT2D eigenvalue weighted by Crippen LogP contribution is 2.23. The third-order valence-corrected chi connectivity index (χ3v) is 4.69. The first-order chi connectivity index (χ1) is 9.74. The van der Waals surface area contributed by atoms with Gasteiger partial charge >= 0.3 is 0 Å². The van der Waals surface area contributed by atoms with Crippen LogP contribution in [0.4, 0.5) is 0 Å². The Kier molecular flexibility index (Phi) is 5.55. The number of ether oxygens (including phenoxy) is 1. The van der Waals surface area contributed by atoms with E-state index in [4.69, 9.17) is 15.7 Å². The zero-order valence-electron chi connectivity index (χ0n) is 11.6. The van der Waals surface area contributed by atoms with Crippen molar-refractivity contribution in [2.75, 3.05) is 25.2 Å². The van der Waals surface area contributed by atoms with Crippen LogP contribution in [0.1, 0.15) is 17.5 Å². The molecule has 1 aromatic carbocycles. The van der Waals surface area contributed by atoms with Gasteiger partial charge in [0, 0.05) is 17.7 Å². The third kappa shape index (κ3) is 3.80. The van der Waals surface area contributed by atoms with Gasteiger partial charge in [-0.1, -0.05) is 5.16 Å². The van der Waals surface area contributed by atoms with Crippen molar-refractivity contribution in [1.82, 2.24) is 5.32 Å². The Morgan fingerprint density at radius 1 is 1.60 bits per heavy atom. The third-order valence-electron chi connectivity index (χ3n) is 3.46. The second-order valence-electron chi connectivity index (χ2n) is 4.87. The highest BCUT2D eigenvalue weighted by molar-refractivity contribution is 7.99. The van der Waals surface area contributed by atoms with Crippen molar-refractivity contribution in [2.24, 2.45) is 16.8 Å². The van der Waals surface area contributed by atoms with E-state index in [1.54, 1.807) is 13.2 Å². The highest BCUT2D eigenvalue weighted by Gasteiger charge is 2.15. The van der Waals surface area contributed by atoms with Gasteiger partial charge in [0.05, 0.1) is 7.11 Å². The van der Waals surface area contributed by atoms with Gasteiger partial charge in [0.1, 0.15) is 5.75 Å². The molecule has 0 radical (unpaired) electrons. The summed E-state index contributed by atoms with van der Waals surface area (Å²) in [7, 11) is 1.65. The fourth-order valence-corrected chi connectivity index (χ4v) is 3.57. The standard InChI is InChI=1S/C14H21N3O2S/c1-19-13-3-2-11(14(15)17-18)6-12(13)8-16-7-10-4-5-20-9-10/h2-3,6,10,16,18H,4-5,7-9H2,1H3,(H2,15,17). The molecule has 110 valence electrons. The first-order valence-corrected chi connectivity index (χ1v) is 7.83. The molecule has 1 heterocycles. The molecule has 0 aliphatic carbocycles. The van der Waals surface area contributed by atoms with E-state index >= 15 is 0 Å². The zero-order valence-corrected chi connectivity index (χ0v) is 12.4. The smallest absolute Gasteiger partial charge is 0.170 e. The molecule has 1 atom stereocenters. The van der Waals surface area contributed by atoms with Gasteiger partial charge in [0.2, 0.25) is 0 Å². The molecule has 0 bridgehead atoms. The first-order valence-electron chi connectivity index (χ1n) is 6.68. The molecule has 6 heteroatoms. The lowest BCUT2D eigenvalue weighted by Crippen LogP contribution is -2.23. The molecule has 0 saturated carbocycles. The van der Waals surface area contributed by atoms with Crippen LogP contribution >= 0.6 is 11.8 Å². The summed E-state index contributed by atoms with van der Waals surface area (Å²) >= 11 is 2.02. The molecule has 1 aliphatic rings. The maximum absolute atomic E-state index is 8.74. The highest BCUT2D eigenvalue weighted by atomic mass is 32.2. The van der Waals surface area contributed by atoms with E-state index in [1.807, 2.05) is 23.9 Å². The minimum Gasteiger partial charge on any atom is -0.496 e. The number of hydrogen-bond donors (Lipinski definition) is 3. The van der Waals surface area contributed by atoms with E-state index in [0.29, 0.717) is 5.56 Å². The normalized spacial score (nSPS) is 19.2. The lowest BCUT2D eigenvalue weighted by molar-refractivity contribution is 0.318. The van der Waals surface area contributed by atoms with Gasteiger partial charge in [0.25, 0.3) is 0 Å². The van der Waals surface area contributed by atoms with Crippen molar-refractivity contribution in [1.29, 1.82) is 0 Å². The van der Waals surface area contributed by atoms with Gasteiger partial charge in [-0.25, -0.2) is 0 Å². The van der Waals surface area contributed by atoms with Gasteiger partial charge in [0.15, 0.2) is 5.84 Å². The van der Waals surface area contributed by atoms with E-state index in [1.165, 1.54) is 17.9 Å². The predicted octanol–water partition coefficient (Wildman–Crippen LogP) is 1.63. The second kappa shape index (κ2) is 7.40. The number of methoxy groups -OCH3 is 1. The van der Waals surface area contributed by atoms with Gasteiger partial charge in [-0.2, -0.15) is 11.8 Å². The molecule has 0 aromatic heterocycles. The molecule has 0 amide bonds. The summed E-state index contributed by atoms with van der Waals surface area (Å²) in [5, 5.41) is 15.2. The van der Waals surface area contributed by atoms with Crippen molar-refractivity contribution >= 4 is 17.6 Å².